The maximum Gasteiger partial charge on any atom is 0.268 e. The van der Waals surface area contributed by atoms with E-state index in [0.29, 0.717) is 17.1 Å². The van der Waals surface area contributed by atoms with Crippen molar-refractivity contribution in [2.75, 3.05) is 11.4 Å². The van der Waals surface area contributed by atoms with E-state index in [1.807, 2.05) is 0 Å². The maximum absolute atomic E-state index is 14.0. The van der Waals surface area contributed by atoms with Crippen molar-refractivity contribution in [2.45, 2.75) is 18.4 Å². The number of aryl methyl sites for hydroxylation is 1. The molecule has 4 rings (SSSR count). The van der Waals surface area contributed by atoms with Gasteiger partial charge in [0, 0.05) is 12.3 Å². The number of hydrogen-bond donors (Lipinski definition) is 0. The average Bonchev–Trinajstić information content (AvgIpc) is 3.15. The van der Waals surface area contributed by atoms with Gasteiger partial charge in [0.1, 0.15) is 16.5 Å². The van der Waals surface area contributed by atoms with Crippen LogP contribution in [-0.4, -0.2) is 30.1 Å². The Labute approximate surface area is 177 Å². The highest BCUT2D eigenvalue weighted by molar-refractivity contribution is 7.93. The Morgan fingerprint density at radius 1 is 1.03 bits per heavy atom. The molecule has 0 atom stereocenters. The number of ether oxygens (including phenoxy) is 1. The third-order valence-corrected chi connectivity index (χ3v) is 6.61. The van der Waals surface area contributed by atoms with Gasteiger partial charge in [-0.05, 0) is 48.9 Å². The lowest BCUT2D eigenvalue weighted by molar-refractivity contribution is 0.414. The standard InChI is InChI=1S/C21H18F2N4O3S/c1-14-24-25-21-20(4-3-11-26(14)21)31(28,29)27(16-7-10-18(22)19(23)12-16)13-15-5-8-17(30-2)9-6-15/h3-12H,13H2,1-2H3. The monoisotopic (exact) mass is 444 g/mol. The molecule has 0 saturated heterocycles. The van der Waals surface area contributed by atoms with Gasteiger partial charge >= 0.3 is 0 Å². The largest absolute Gasteiger partial charge is 0.497 e. The number of aromatic nitrogens is 3. The van der Waals surface area contributed by atoms with Crippen LogP contribution in [0.2, 0.25) is 0 Å². The van der Waals surface area contributed by atoms with Crippen LogP contribution in [0.5, 0.6) is 5.75 Å². The van der Waals surface area contributed by atoms with Crippen LogP contribution in [0, 0.1) is 18.6 Å². The van der Waals surface area contributed by atoms with E-state index < -0.39 is 21.7 Å². The molecule has 4 aromatic rings. The van der Waals surface area contributed by atoms with Crippen molar-refractivity contribution in [3.05, 3.63) is 83.8 Å². The van der Waals surface area contributed by atoms with Gasteiger partial charge in [0.25, 0.3) is 10.0 Å². The number of anilines is 1. The fraction of sp³-hybridized carbons (Fsp3) is 0.143. The summed E-state index contributed by atoms with van der Waals surface area (Å²) in [6.07, 6.45) is 1.65. The average molecular weight is 444 g/mol. The summed E-state index contributed by atoms with van der Waals surface area (Å²) < 4.78 is 62.6. The predicted molar refractivity (Wildman–Crippen MR) is 110 cm³/mol. The number of methoxy groups -OCH3 is 1. The molecule has 0 spiro atoms. The van der Waals surface area contributed by atoms with E-state index in [9.17, 15) is 17.2 Å². The number of sulfonamides is 1. The molecule has 0 aliphatic rings. The molecular formula is C21H18F2N4O3S. The topological polar surface area (TPSA) is 76.8 Å². The second kappa shape index (κ2) is 7.95. The van der Waals surface area contributed by atoms with Crippen LogP contribution in [0.4, 0.5) is 14.5 Å². The summed E-state index contributed by atoms with van der Waals surface area (Å²) in [5, 5.41) is 7.92. The number of halogens is 2. The molecule has 7 nitrogen and oxygen atoms in total. The smallest absolute Gasteiger partial charge is 0.268 e. The number of nitrogens with zero attached hydrogens (tertiary/aromatic N) is 4. The van der Waals surface area contributed by atoms with Gasteiger partial charge in [0.05, 0.1) is 19.3 Å². The summed E-state index contributed by atoms with van der Waals surface area (Å²) in [6.45, 7) is 1.58. The molecule has 0 bridgehead atoms. The summed E-state index contributed by atoms with van der Waals surface area (Å²) in [5.74, 6) is -1.10. The van der Waals surface area contributed by atoms with E-state index in [-0.39, 0.29) is 22.8 Å². The Morgan fingerprint density at radius 3 is 2.45 bits per heavy atom. The minimum absolute atomic E-state index is 0.0204. The number of fused-ring (bicyclic) bond motifs is 1. The van der Waals surface area contributed by atoms with Crippen molar-refractivity contribution in [3.8, 4) is 5.75 Å². The zero-order chi connectivity index (χ0) is 22.2. The van der Waals surface area contributed by atoms with Crippen LogP contribution in [0.25, 0.3) is 5.65 Å². The highest BCUT2D eigenvalue weighted by Gasteiger charge is 2.29. The summed E-state index contributed by atoms with van der Waals surface area (Å²) in [6, 6.07) is 12.7. The van der Waals surface area contributed by atoms with E-state index >= 15 is 0 Å². The highest BCUT2D eigenvalue weighted by Crippen LogP contribution is 2.29. The summed E-state index contributed by atoms with van der Waals surface area (Å²) in [7, 11) is -2.70. The molecule has 2 aromatic heterocycles. The maximum atomic E-state index is 14.0. The quantitative estimate of drug-likeness (QED) is 0.453. The number of benzene rings is 2. The Morgan fingerprint density at radius 2 is 1.77 bits per heavy atom. The molecule has 2 heterocycles. The lowest BCUT2D eigenvalue weighted by Gasteiger charge is -2.25. The molecule has 160 valence electrons. The van der Waals surface area contributed by atoms with Gasteiger partial charge in [-0.15, -0.1) is 10.2 Å². The first-order chi connectivity index (χ1) is 14.8. The summed E-state index contributed by atoms with van der Waals surface area (Å²) in [5.41, 5.74) is 0.744. The van der Waals surface area contributed by atoms with Gasteiger partial charge in [0.15, 0.2) is 17.3 Å². The number of hydrogen-bond acceptors (Lipinski definition) is 5. The summed E-state index contributed by atoms with van der Waals surface area (Å²) >= 11 is 0. The van der Waals surface area contributed by atoms with Crippen molar-refractivity contribution >= 4 is 21.4 Å². The first-order valence-corrected chi connectivity index (χ1v) is 10.7. The fourth-order valence-corrected chi connectivity index (χ4v) is 4.75. The SMILES string of the molecule is COc1ccc(CN(c2ccc(F)c(F)c2)S(=O)(=O)c2cccn3c(C)nnc23)cc1. The summed E-state index contributed by atoms with van der Waals surface area (Å²) in [4.78, 5) is -0.103. The van der Waals surface area contributed by atoms with Crippen molar-refractivity contribution in [1.29, 1.82) is 0 Å². The van der Waals surface area contributed by atoms with Crippen LogP contribution >= 0.6 is 0 Å². The Hall–Kier alpha value is -3.53. The van der Waals surface area contributed by atoms with Gasteiger partial charge in [-0.2, -0.15) is 0 Å². The molecule has 0 unspecified atom stereocenters. The van der Waals surface area contributed by atoms with Gasteiger partial charge in [0.2, 0.25) is 0 Å². The molecule has 0 aliphatic carbocycles. The van der Waals surface area contributed by atoms with E-state index in [4.69, 9.17) is 4.74 Å². The second-order valence-electron chi connectivity index (χ2n) is 6.77. The third kappa shape index (κ3) is 3.81. The van der Waals surface area contributed by atoms with Crippen molar-refractivity contribution < 1.29 is 21.9 Å². The van der Waals surface area contributed by atoms with E-state index in [2.05, 4.69) is 10.2 Å². The first kappa shape index (κ1) is 20.7. The van der Waals surface area contributed by atoms with Crippen LogP contribution in [-0.2, 0) is 16.6 Å². The van der Waals surface area contributed by atoms with Gasteiger partial charge in [-0.25, -0.2) is 17.2 Å². The van der Waals surface area contributed by atoms with Crippen molar-refractivity contribution in [3.63, 3.8) is 0 Å². The molecule has 0 saturated carbocycles. The van der Waals surface area contributed by atoms with E-state index in [1.165, 1.54) is 19.2 Å². The van der Waals surface area contributed by atoms with Gasteiger partial charge in [-0.1, -0.05) is 12.1 Å². The van der Waals surface area contributed by atoms with Crippen molar-refractivity contribution in [2.24, 2.45) is 0 Å². The molecule has 0 fully saturated rings. The third-order valence-electron chi connectivity index (χ3n) is 4.81. The van der Waals surface area contributed by atoms with Crippen molar-refractivity contribution in [1.82, 2.24) is 14.6 Å². The lowest BCUT2D eigenvalue weighted by Crippen LogP contribution is -2.31. The highest BCUT2D eigenvalue weighted by atomic mass is 32.2. The van der Waals surface area contributed by atoms with Crippen LogP contribution < -0.4 is 9.04 Å². The van der Waals surface area contributed by atoms with Crippen LogP contribution in [0.15, 0.2) is 65.7 Å². The van der Waals surface area contributed by atoms with Gasteiger partial charge < -0.3 is 4.74 Å². The number of rotatable bonds is 6. The minimum Gasteiger partial charge on any atom is -0.497 e. The molecular weight excluding hydrogens is 426 g/mol. The number of pyridine rings is 1. The van der Waals surface area contributed by atoms with E-state index in [0.717, 1.165) is 16.4 Å². The molecule has 0 radical (unpaired) electrons. The molecule has 0 aliphatic heterocycles. The van der Waals surface area contributed by atoms with Crippen LogP contribution in [0.1, 0.15) is 11.4 Å². The van der Waals surface area contributed by atoms with E-state index in [1.54, 1.807) is 47.9 Å². The predicted octanol–water partition coefficient (Wildman–Crippen LogP) is 3.72. The first-order valence-electron chi connectivity index (χ1n) is 9.22. The Kier molecular flexibility index (Phi) is 5.32. The molecule has 0 N–H and O–H groups in total. The Balaban J connectivity index is 1.86. The fourth-order valence-electron chi connectivity index (χ4n) is 3.18. The molecule has 2 aromatic carbocycles. The molecule has 0 amide bonds. The zero-order valence-corrected chi connectivity index (χ0v) is 17.5. The lowest BCUT2D eigenvalue weighted by atomic mass is 10.2. The Bertz CT molecular complexity index is 1360. The second-order valence-corrected chi connectivity index (χ2v) is 8.60. The minimum atomic E-state index is -4.22. The zero-order valence-electron chi connectivity index (χ0n) is 16.7. The molecule has 31 heavy (non-hydrogen) atoms. The van der Waals surface area contributed by atoms with Gasteiger partial charge in [-0.3, -0.25) is 8.71 Å². The van der Waals surface area contributed by atoms with Crippen LogP contribution in [0.3, 0.4) is 0 Å². The molecule has 10 heteroatoms. The normalized spacial score (nSPS) is 11.6.